The van der Waals surface area contributed by atoms with Crippen LogP contribution in [0.3, 0.4) is 0 Å². The largest absolute Gasteiger partial charge is 0.439 e. The first-order valence-corrected chi connectivity index (χ1v) is 9.37. The van der Waals surface area contributed by atoms with Crippen molar-refractivity contribution in [2.75, 3.05) is 0 Å². The highest BCUT2D eigenvalue weighted by molar-refractivity contribution is 5.92. The van der Waals surface area contributed by atoms with Crippen LogP contribution in [-0.2, 0) is 6.54 Å². The van der Waals surface area contributed by atoms with Crippen molar-refractivity contribution in [3.05, 3.63) is 102 Å². The van der Waals surface area contributed by atoms with Crippen molar-refractivity contribution in [2.24, 2.45) is 0 Å². The molecule has 4 rings (SSSR count). The Balaban J connectivity index is 1.37. The van der Waals surface area contributed by atoms with Crippen molar-refractivity contribution in [1.82, 2.24) is 20.1 Å². The summed E-state index contributed by atoms with van der Waals surface area (Å²) in [6.07, 6.45) is 1.60. The molecule has 2 heterocycles. The SMILES string of the molecule is Cc1cc(C(=O)NCc2ccc(Oc3cccc(F)c3)nc2)nn1-c1ccccc1. The van der Waals surface area contributed by atoms with Crippen molar-refractivity contribution in [3.8, 4) is 17.3 Å². The first kappa shape index (κ1) is 19.3. The third-order valence-electron chi connectivity index (χ3n) is 4.39. The fraction of sp³-hybridized carbons (Fsp3) is 0.0870. The second-order valence-electron chi connectivity index (χ2n) is 6.67. The first-order chi connectivity index (χ1) is 14.6. The van der Waals surface area contributed by atoms with E-state index in [0.29, 0.717) is 23.9 Å². The second-order valence-corrected chi connectivity index (χ2v) is 6.67. The Hall–Kier alpha value is -4.00. The maximum Gasteiger partial charge on any atom is 0.272 e. The van der Waals surface area contributed by atoms with Crippen molar-refractivity contribution in [2.45, 2.75) is 13.5 Å². The Bertz CT molecular complexity index is 1160. The Morgan fingerprint density at radius 1 is 1.07 bits per heavy atom. The molecule has 0 unspecified atom stereocenters. The van der Waals surface area contributed by atoms with Gasteiger partial charge in [-0.25, -0.2) is 14.1 Å². The molecule has 150 valence electrons. The number of carbonyl (C=O) groups is 1. The van der Waals surface area contributed by atoms with Gasteiger partial charge in [0.25, 0.3) is 5.91 Å². The normalized spacial score (nSPS) is 10.6. The molecule has 0 aliphatic rings. The number of halogens is 1. The lowest BCUT2D eigenvalue weighted by atomic mass is 10.2. The minimum atomic E-state index is -0.378. The summed E-state index contributed by atoms with van der Waals surface area (Å²) in [5, 5.41) is 7.24. The van der Waals surface area contributed by atoms with E-state index in [1.165, 1.54) is 12.1 Å². The van der Waals surface area contributed by atoms with Gasteiger partial charge in [0, 0.05) is 30.6 Å². The zero-order chi connectivity index (χ0) is 20.9. The van der Waals surface area contributed by atoms with Crippen LogP contribution in [0.2, 0.25) is 0 Å². The molecule has 0 saturated heterocycles. The van der Waals surface area contributed by atoms with Crippen molar-refractivity contribution in [1.29, 1.82) is 0 Å². The molecule has 0 radical (unpaired) electrons. The standard InChI is InChI=1S/C23H19FN4O2/c1-16-12-21(27-28(16)19-7-3-2-4-8-19)23(29)26-15-17-10-11-22(25-14-17)30-20-9-5-6-18(24)13-20/h2-14H,15H2,1H3,(H,26,29). The van der Waals surface area contributed by atoms with E-state index in [-0.39, 0.29) is 11.7 Å². The number of hydrogen-bond donors (Lipinski definition) is 1. The number of hydrogen-bond acceptors (Lipinski definition) is 4. The molecule has 2 aromatic carbocycles. The van der Waals surface area contributed by atoms with Crippen LogP contribution < -0.4 is 10.1 Å². The zero-order valence-electron chi connectivity index (χ0n) is 16.2. The van der Waals surface area contributed by atoms with Crippen LogP contribution in [0.4, 0.5) is 4.39 Å². The molecule has 0 fully saturated rings. The highest BCUT2D eigenvalue weighted by Crippen LogP contribution is 2.20. The van der Waals surface area contributed by atoms with Crippen LogP contribution in [0.5, 0.6) is 11.6 Å². The molecule has 0 spiro atoms. The Morgan fingerprint density at radius 3 is 2.63 bits per heavy atom. The number of ether oxygens (including phenoxy) is 1. The van der Waals surface area contributed by atoms with Gasteiger partial charge in [-0.2, -0.15) is 5.10 Å². The lowest BCUT2D eigenvalue weighted by Gasteiger charge is -2.07. The van der Waals surface area contributed by atoms with Crippen molar-refractivity contribution in [3.63, 3.8) is 0 Å². The summed E-state index contributed by atoms with van der Waals surface area (Å²) in [6, 6.07) is 20.7. The molecular weight excluding hydrogens is 383 g/mol. The van der Waals surface area contributed by atoms with Gasteiger partial charge < -0.3 is 10.1 Å². The topological polar surface area (TPSA) is 69.0 Å². The minimum Gasteiger partial charge on any atom is -0.439 e. The van der Waals surface area contributed by atoms with Gasteiger partial charge in [-0.15, -0.1) is 0 Å². The highest BCUT2D eigenvalue weighted by Gasteiger charge is 2.13. The van der Waals surface area contributed by atoms with E-state index in [4.69, 9.17) is 4.74 Å². The predicted octanol–water partition coefficient (Wildman–Crippen LogP) is 4.44. The first-order valence-electron chi connectivity index (χ1n) is 9.37. The average molecular weight is 402 g/mol. The third kappa shape index (κ3) is 4.52. The number of aromatic nitrogens is 3. The summed E-state index contributed by atoms with van der Waals surface area (Å²) in [5.41, 5.74) is 2.91. The maximum absolute atomic E-state index is 13.2. The van der Waals surface area contributed by atoms with Gasteiger partial charge in [0.1, 0.15) is 11.6 Å². The molecular formula is C23H19FN4O2. The zero-order valence-corrected chi connectivity index (χ0v) is 16.2. The van der Waals surface area contributed by atoms with Gasteiger partial charge in [0.05, 0.1) is 5.69 Å². The van der Waals surface area contributed by atoms with Gasteiger partial charge in [-0.1, -0.05) is 30.3 Å². The molecule has 0 atom stereocenters. The molecule has 0 aliphatic heterocycles. The third-order valence-corrected chi connectivity index (χ3v) is 4.39. The van der Waals surface area contributed by atoms with E-state index < -0.39 is 0 Å². The summed E-state index contributed by atoms with van der Waals surface area (Å²) in [6.45, 7) is 2.20. The number of benzene rings is 2. The molecule has 0 bridgehead atoms. The van der Waals surface area contributed by atoms with Crippen molar-refractivity contribution >= 4 is 5.91 Å². The fourth-order valence-electron chi connectivity index (χ4n) is 2.92. The molecule has 0 saturated carbocycles. The van der Waals surface area contributed by atoms with Gasteiger partial charge in [-0.05, 0) is 42.8 Å². The average Bonchev–Trinajstić information content (AvgIpc) is 3.15. The van der Waals surface area contributed by atoms with E-state index >= 15 is 0 Å². The summed E-state index contributed by atoms with van der Waals surface area (Å²) < 4.78 is 20.5. The van der Waals surface area contributed by atoms with Crippen LogP contribution >= 0.6 is 0 Å². The molecule has 0 aliphatic carbocycles. The van der Waals surface area contributed by atoms with E-state index in [0.717, 1.165) is 16.9 Å². The Kier molecular flexibility index (Phi) is 5.52. The van der Waals surface area contributed by atoms with Crippen LogP contribution in [0.1, 0.15) is 21.7 Å². The second kappa shape index (κ2) is 8.57. The molecule has 30 heavy (non-hydrogen) atoms. The number of nitrogens with one attached hydrogen (secondary N) is 1. The number of amides is 1. The van der Waals surface area contributed by atoms with Crippen LogP contribution in [0, 0.1) is 12.7 Å². The molecule has 1 N–H and O–H groups in total. The number of pyridine rings is 1. The van der Waals surface area contributed by atoms with Gasteiger partial charge in [-0.3, -0.25) is 4.79 Å². The summed E-state index contributed by atoms with van der Waals surface area (Å²) in [5.74, 6) is 0.0606. The smallest absolute Gasteiger partial charge is 0.272 e. The van der Waals surface area contributed by atoms with Crippen LogP contribution in [0.25, 0.3) is 5.69 Å². The number of aryl methyl sites for hydroxylation is 1. The van der Waals surface area contributed by atoms with E-state index in [2.05, 4.69) is 15.4 Å². The maximum atomic E-state index is 13.2. The molecule has 7 heteroatoms. The van der Waals surface area contributed by atoms with Crippen LogP contribution in [0.15, 0.2) is 79.0 Å². The lowest BCUT2D eigenvalue weighted by Crippen LogP contribution is -2.23. The van der Waals surface area contributed by atoms with Gasteiger partial charge >= 0.3 is 0 Å². The van der Waals surface area contributed by atoms with Gasteiger partial charge in [0.2, 0.25) is 5.88 Å². The molecule has 2 aromatic heterocycles. The van der Waals surface area contributed by atoms with Crippen LogP contribution in [-0.4, -0.2) is 20.7 Å². The number of para-hydroxylation sites is 1. The highest BCUT2D eigenvalue weighted by atomic mass is 19.1. The van der Waals surface area contributed by atoms with Crippen molar-refractivity contribution < 1.29 is 13.9 Å². The number of rotatable bonds is 6. The Morgan fingerprint density at radius 2 is 1.90 bits per heavy atom. The number of nitrogens with zero attached hydrogens (tertiary/aromatic N) is 3. The van der Waals surface area contributed by atoms with E-state index in [1.54, 1.807) is 41.2 Å². The monoisotopic (exact) mass is 402 g/mol. The summed E-state index contributed by atoms with van der Waals surface area (Å²) in [7, 11) is 0. The fourth-order valence-corrected chi connectivity index (χ4v) is 2.92. The van der Waals surface area contributed by atoms with E-state index in [1.807, 2.05) is 37.3 Å². The van der Waals surface area contributed by atoms with Gasteiger partial charge in [0.15, 0.2) is 5.69 Å². The van der Waals surface area contributed by atoms with E-state index in [9.17, 15) is 9.18 Å². The predicted molar refractivity (Wildman–Crippen MR) is 110 cm³/mol. The summed E-state index contributed by atoms with van der Waals surface area (Å²) in [4.78, 5) is 16.7. The quantitative estimate of drug-likeness (QED) is 0.518. The lowest BCUT2D eigenvalue weighted by molar-refractivity contribution is 0.0945. The molecule has 6 nitrogen and oxygen atoms in total. The molecule has 1 amide bonds. The molecule has 4 aromatic rings. The summed E-state index contributed by atoms with van der Waals surface area (Å²) >= 11 is 0. The Labute approximate surface area is 173 Å². The minimum absolute atomic E-state index is 0.270. The number of carbonyl (C=O) groups excluding carboxylic acids is 1.